The number of aryl methyl sites for hydroxylation is 2. The first-order valence-corrected chi connectivity index (χ1v) is 24.3. The van der Waals surface area contributed by atoms with Crippen LogP contribution in [0.4, 0.5) is 24.2 Å². The van der Waals surface area contributed by atoms with Gasteiger partial charge in [-0.3, -0.25) is 20.6 Å². The first kappa shape index (κ1) is 47.4. The molecule has 8 aromatic rings. The van der Waals surface area contributed by atoms with Crippen molar-refractivity contribution in [3.8, 4) is 55.0 Å². The zero-order chi connectivity index (χ0) is 48.7. The Bertz CT molecular complexity index is 3050. The highest BCUT2D eigenvalue weighted by atomic mass is 79.9. The molecule has 0 fully saturated rings. The van der Waals surface area contributed by atoms with Crippen LogP contribution >= 0.6 is 38.6 Å². The molecule has 6 heterocycles. The van der Waals surface area contributed by atoms with Crippen molar-refractivity contribution >= 4 is 73.5 Å². The van der Waals surface area contributed by atoms with Crippen LogP contribution in [0.25, 0.3) is 55.0 Å². The van der Waals surface area contributed by atoms with E-state index < -0.39 is 18.0 Å². The Kier molecular flexibility index (Phi) is 14.4. The number of pyridine rings is 2. The maximum absolute atomic E-state index is 15.4. The number of oxime groups is 2. The second-order valence-electron chi connectivity index (χ2n) is 15.2. The minimum absolute atomic E-state index is 0.286. The maximum atomic E-state index is 15.4. The molecule has 22 heteroatoms. The topological polar surface area (TPSA) is 207 Å². The summed E-state index contributed by atoms with van der Waals surface area (Å²) in [6.45, 7) is 4.65. The summed E-state index contributed by atoms with van der Waals surface area (Å²) in [4.78, 5) is 53.1. The second kappa shape index (κ2) is 21.3. The lowest BCUT2D eigenvalue weighted by molar-refractivity contribution is 0.160. The number of hydrogen-bond donors (Lipinski definition) is 2. The summed E-state index contributed by atoms with van der Waals surface area (Å²) >= 11 is 6.42. The third-order valence-electron chi connectivity index (χ3n) is 10.9. The van der Waals surface area contributed by atoms with Crippen LogP contribution in [0.3, 0.4) is 0 Å². The SMILES string of the molecule is CCON=Cc1ccc(-n2nc(-c3cccnc3)c3c2-c2sc(NC(=O)OC)nc2CC3)c(Br)c1.CCON=Cc1ccc(-n2nc(-c3cccnc3)c3c2-c2sc(NC(=O)OC)nc2CC3)c(F)c1. The van der Waals surface area contributed by atoms with Crippen molar-refractivity contribution in [2.24, 2.45) is 10.3 Å². The number of carbonyl (C=O) groups excluding carboxylic acids is 2. The van der Waals surface area contributed by atoms with E-state index in [-0.39, 0.29) is 5.69 Å². The number of fused-ring (bicyclic) bond motifs is 6. The lowest BCUT2D eigenvalue weighted by Gasteiger charge is -2.15. The molecule has 2 aliphatic carbocycles. The van der Waals surface area contributed by atoms with E-state index in [9.17, 15) is 9.59 Å². The van der Waals surface area contributed by atoms with Gasteiger partial charge in [0.15, 0.2) is 10.3 Å². The highest BCUT2D eigenvalue weighted by Crippen LogP contribution is 2.46. The van der Waals surface area contributed by atoms with E-state index in [0.29, 0.717) is 41.9 Å². The lowest BCUT2D eigenvalue weighted by atomic mass is 9.95. The van der Waals surface area contributed by atoms with Gasteiger partial charge in [-0.25, -0.2) is 33.3 Å². The van der Waals surface area contributed by atoms with Crippen LogP contribution in [0.15, 0.2) is 100 Å². The van der Waals surface area contributed by atoms with Crippen molar-refractivity contribution in [3.63, 3.8) is 0 Å². The third kappa shape index (κ3) is 9.91. The number of thiazole rings is 2. The summed E-state index contributed by atoms with van der Waals surface area (Å²) in [5, 5.41) is 23.9. The molecule has 0 spiro atoms. The molecule has 0 saturated carbocycles. The summed E-state index contributed by atoms with van der Waals surface area (Å²) in [6.07, 6.45) is 11.8. The van der Waals surface area contributed by atoms with Gasteiger partial charge in [0.05, 0.1) is 76.3 Å². The summed E-state index contributed by atoms with van der Waals surface area (Å²) in [7, 11) is 2.62. The number of nitrogens with one attached hydrogen (secondary N) is 2. The quantitative estimate of drug-likeness (QED) is 0.0866. The third-order valence-corrected chi connectivity index (χ3v) is 13.6. The van der Waals surface area contributed by atoms with Crippen LogP contribution in [0, 0.1) is 5.82 Å². The number of rotatable bonds is 12. The summed E-state index contributed by atoms with van der Waals surface area (Å²) < 4.78 is 29.2. The van der Waals surface area contributed by atoms with Crippen LogP contribution in [0.5, 0.6) is 0 Å². The van der Waals surface area contributed by atoms with Gasteiger partial charge in [-0.05, 0) is 115 Å². The monoisotopic (exact) mass is 1040 g/mol. The molecule has 0 aliphatic heterocycles. The fourth-order valence-electron chi connectivity index (χ4n) is 7.84. The van der Waals surface area contributed by atoms with Gasteiger partial charge >= 0.3 is 12.2 Å². The van der Waals surface area contributed by atoms with Gasteiger partial charge in [0.25, 0.3) is 0 Å². The molecule has 0 bridgehead atoms. The van der Waals surface area contributed by atoms with E-state index >= 15 is 4.39 Å². The zero-order valence-electron chi connectivity index (χ0n) is 38.0. The lowest BCUT2D eigenvalue weighted by Crippen LogP contribution is -2.10. The number of aromatic nitrogens is 8. The van der Waals surface area contributed by atoms with E-state index in [1.165, 1.54) is 49.2 Å². The van der Waals surface area contributed by atoms with Crippen LogP contribution in [0.1, 0.15) is 47.5 Å². The maximum Gasteiger partial charge on any atom is 0.413 e. The van der Waals surface area contributed by atoms with Gasteiger partial charge in [0, 0.05) is 51.5 Å². The highest BCUT2D eigenvalue weighted by molar-refractivity contribution is 9.10. The number of nitrogens with zero attached hydrogens (tertiary/aromatic N) is 10. The number of anilines is 2. The number of ether oxygens (including phenoxy) is 2. The molecule has 356 valence electrons. The van der Waals surface area contributed by atoms with Crippen LogP contribution < -0.4 is 10.6 Å². The minimum atomic E-state index is -0.601. The number of benzene rings is 2. The van der Waals surface area contributed by atoms with Gasteiger partial charge < -0.3 is 19.1 Å². The number of hydrogen-bond acceptors (Lipinski definition) is 16. The van der Waals surface area contributed by atoms with Crippen LogP contribution in [0.2, 0.25) is 0 Å². The van der Waals surface area contributed by atoms with Crippen molar-refractivity contribution in [2.75, 3.05) is 38.1 Å². The molecule has 2 N–H and O–H groups in total. The zero-order valence-corrected chi connectivity index (χ0v) is 41.2. The molecule has 0 radical (unpaired) electrons. The van der Waals surface area contributed by atoms with Gasteiger partial charge in [-0.2, -0.15) is 10.2 Å². The molecule has 2 amide bonds. The number of halogens is 2. The molecule has 70 heavy (non-hydrogen) atoms. The number of amides is 2. The van der Waals surface area contributed by atoms with Crippen molar-refractivity contribution in [1.82, 2.24) is 39.5 Å². The molecule has 0 saturated heterocycles. The molecular formula is C48H42BrFN12O6S2. The molecule has 2 aliphatic rings. The molecular weight excluding hydrogens is 1000 g/mol. The normalized spacial score (nSPS) is 12.3. The fraction of sp³-hybridized carbons (Fsp3) is 0.208. The molecule has 10 rings (SSSR count). The minimum Gasteiger partial charge on any atom is -0.453 e. The Morgan fingerprint density at radius 3 is 1.64 bits per heavy atom. The van der Waals surface area contributed by atoms with E-state index in [1.807, 2.05) is 67.2 Å². The van der Waals surface area contributed by atoms with Crippen molar-refractivity contribution in [1.29, 1.82) is 0 Å². The van der Waals surface area contributed by atoms with Gasteiger partial charge in [-0.1, -0.05) is 45.1 Å². The van der Waals surface area contributed by atoms with E-state index in [2.05, 4.69) is 56.8 Å². The Hall–Kier alpha value is -7.69. The largest absolute Gasteiger partial charge is 0.453 e. The van der Waals surface area contributed by atoms with Gasteiger partial charge in [0.1, 0.15) is 24.7 Å². The highest BCUT2D eigenvalue weighted by Gasteiger charge is 2.32. The average molecular weight is 1050 g/mol. The second-order valence-corrected chi connectivity index (χ2v) is 18.1. The van der Waals surface area contributed by atoms with Gasteiger partial charge in [-0.15, -0.1) is 0 Å². The molecule has 18 nitrogen and oxygen atoms in total. The van der Waals surface area contributed by atoms with E-state index in [1.54, 1.807) is 41.6 Å². The van der Waals surface area contributed by atoms with Crippen molar-refractivity contribution < 1.29 is 33.1 Å². The Labute approximate surface area is 416 Å². The summed E-state index contributed by atoms with van der Waals surface area (Å²) in [5.41, 5.74) is 11.5. The summed E-state index contributed by atoms with van der Waals surface area (Å²) in [6, 6.07) is 18.4. The summed E-state index contributed by atoms with van der Waals surface area (Å²) in [5.74, 6) is -0.460. The molecule has 2 aromatic carbocycles. The smallest absolute Gasteiger partial charge is 0.413 e. The van der Waals surface area contributed by atoms with Crippen LogP contribution in [-0.2, 0) is 44.8 Å². The predicted octanol–water partition coefficient (Wildman–Crippen LogP) is 10.3. The van der Waals surface area contributed by atoms with Crippen LogP contribution in [-0.4, -0.2) is 91.5 Å². The number of methoxy groups -OCH3 is 2. The molecule has 6 aromatic heterocycles. The van der Waals surface area contributed by atoms with Gasteiger partial charge in [0.2, 0.25) is 0 Å². The van der Waals surface area contributed by atoms with Crippen molar-refractivity contribution in [2.45, 2.75) is 39.5 Å². The Morgan fingerprint density at radius 2 is 1.20 bits per heavy atom. The Morgan fingerprint density at radius 1 is 0.714 bits per heavy atom. The van der Waals surface area contributed by atoms with E-state index in [0.717, 1.165) is 94.7 Å². The Balaban J connectivity index is 0.000000174. The first-order chi connectivity index (χ1) is 34.2. The number of carbonyl (C=O) groups is 2. The predicted molar refractivity (Wildman–Crippen MR) is 269 cm³/mol. The molecule has 0 atom stereocenters. The van der Waals surface area contributed by atoms with E-state index in [4.69, 9.17) is 29.3 Å². The molecule has 0 unspecified atom stereocenters. The van der Waals surface area contributed by atoms with Crippen molar-refractivity contribution in [3.05, 3.63) is 129 Å². The first-order valence-electron chi connectivity index (χ1n) is 21.8. The average Bonchev–Trinajstić information content (AvgIpc) is 4.17. The fourth-order valence-corrected chi connectivity index (χ4v) is 10.5. The standard InChI is InChI=1S/C24H21BrN6O3S.C24H21FN6O3S/c2*1-3-34-27-12-14-6-9-19(17(25)11-14)31-21-16(20(30-31)15-5-4-10-26-13-15)7-8-18-22(21)35-23(28-18)29-24(32)33-2/h2*4-6,9-13H,3,7-8H2,1-2H3,(H,28,29,32).